The summed E-state index contributed by atoms with van der Waals surface area (Å²) in [6, 6.07) is 2.20. The van der Waals surface area contributed by atoms with Gasteiger partial charge >= 0.3 is 0 Å². The van der Waals surface area contributed by atoms with Gasteiger partial charge in [0.25, 0.3) is 4.45 Å². The Kier molecular flexibility index (Phi) is 17.7. The standard InChI is InChI=1S/C19H35NO2S3/c1-3-4-5-6-7-8-9-10-11-12-16-23-25-18(22)24-19(2,17-20)14-13-15-21/h21H,3-16H2,1-2H3. The Morgan fingerprint density at radius 3 is 2.08 bits per heavy atom. The van der Waals surface area contributed by atoms with Crippen molar-refractivity contribution in [2.75, 3.05) is 12.4 Å². The van der Waals surface area contributed by atoms with Gasteiger partial charge in [0.1, 0.15) is 4.75 Å². The first kappa shape index (κ1) is 25.2. The summed E-state index contributed by atoms with van der Waals surface area (Å²) < 4.78 is -0.719. The summed E-state index contributed by atoms with van der Waals surface area (Å²) in [4.78, 5) is 12.0. The molecule has 0 fully saturated rings. The van der Waals surface area contributed by atoms with Crippen LogP contribution in [-0.4, -0.2) is 26.7 Å². The molecule has 0 aromatic rings. The zero-order chi connectivity index (χ0) is 18.8. The number of aliphatic hydroxyl groups is 1. The summed E-state index contributed by atoms with van der Waals surface area (Å²) in [5.74, 6) is 0.993. The second-order valence-electron chi connectivity index (χ2n) is 6.61. The minimum Gasteiger partial charge on any atom is -0.396 e. The number of hydrogen-bond donors (Lipinski definition) is 1. The number of carbonyl (C=O) groups excluding carboxylic acids is 1. The van der Waals surface area contributed by atoms with Gasteiger partial charge in [-0.15, -0.1) is 0 Å². The molecule has 25 heavy (non-hydrogen) atoms. The number of nitrogens with zero attached hydrogens (tertiary/aromatic N) is 1. The monoisotopic (exact) mass is 405 g/mol. The molecule has 0 aromatic heterocycles. The van der Waals surface area contributed by atoms with Crippen molar-refractivity contribution in [1.29, 1.82) is 5.26 Å². The van der Waals surface area contributed by atoms with Crippen molar-refractivity contribution in [3.05, 3.63) is 0 Å². The molecule has 0 amide bonds. The number of aliphatic hydroxyl groups excluding tert-OH is 1. The Morgan fingerprint density at radius 2 is 1.56 bits per heavy atom. The topological polar surface area (TPSA) is 61.1 Å². The van der Waals surface area contributed by atoms with Crippen molar-refractivity contribution in [3.8, 4) is 6.07 Å². The van der Waals surface area contributed by atoms with Gasteiger partial charge in [0.2, 0.25) is 0 Å². The highest BCUT2D eigenvalue weighted by Gasteiger charge is 2.28. The minimum absolute atomic E-state index is 0.000862. The zero-order valence-corrected chi connectivity index (χ0v) is 18.4. The second-order valence-corrected chi connectivity index (χ2v) is 10.7. The molecule has 146 valence electrons. The van der Waals surface area contributed by atoms with Crippen LogP contribution in [-0.2, 0) is 0 Å². The van der Waals surface area contributed by atoms with Crippen molar-refractivity contribution in [1.82, 2.24) is 0 Å². The van der Waals surface area contributed by atoms with Crippen LogP contribution in [0.15, 0.2) is 0 Å². The average Bonchev–Trinajstić information content (AvgIpc) is 2.61. The molecule has 3 nitrogen and oxygen atoms in total. The van der Waals surface area contributed by atoms with Crippen LogP contribution in [0.2, 0.25) is 0 Å². The fourth-order valence-electron chi connectivity index (χ4n) is 2.49. The molecule has 0 saturated heterocycles. The Morgan fingerprint density at radius 1 is 1.00 bits per heavy atom. The van der Waals surface area contributed by atoms with Crippen molar-refractivity contribution < 1.29 is 9.90 Å². The molecule has 0 heterocycles. The van der Waals surface area contributed by atoms with E-state index in [1.54, 1.807) is 17.7 Å². The van der Waals surface area contributed by atoms with Crippen LogP contribution in [0.1, 0.15) is 90.9 Å². The average molecular weight is 406 g/mol. The lowest BCUT2D eigenvalue weighted by atomic mass is 10.1. The predicted molar refractivity (Wildman–Crippen MR) is 115 cm³/mol. The van der Waals surface area contributed by atoms with E-state index < -0.39 is 4.75 Å². The molecule has 0 radical (unpaired) electrons. The third kappa shape index (κ3) is 16.1. The highest BCUT2D eigenvalue weighted by atomic mass is 33.1. The summed E-state index contributed by atoms with van der Waals surface area (Å²) in [6.45, 7) is 4.09. The molecule has 0 aliphatic rings. The van der Waals surface area contributed by atoms with Crippen LogP contribution < -0.4 is 0 Å². The van der Waals surface area contributed by atoms with E-state index in [1.165, 1.54) is 68.6 Å². The van der Waals surface area contributed by atoms with Gasteiger partial charge in [-0.2, -0.15) is 5.26 Å². The van der Waals surface area contributed by atoms with E-state index in [0.29, 0.717) is 12.8 Å². The number of thioether (sulfide) groups is 1. The van der Waals surface area contributed by atoms with Gasteiger partial charge in [-0.3, -0.25) is 4.79 Å². The van der Waals surface area contributed by atoms with Crippen molar-refractivity contribution in [2.45, 2.75) is 95.6 Å². The molecular formula is C19H35NO2S3. The highest BCUT2D eigenvalue weighted by molar-refractivity contribution is 8.86. The zero-order valence-electron chi connectivity index (χ0n) is 15.9. The molecule has 0 spiro atoms. The largest absolute Gasteiger partial charge is 0.396 e. The fourth-order valence-corrected chi connectivity index (χ4v) is 5.97. The Bertz CT molecular complexity index is 374. The smallest absolute Gasteiger partial charge is 0.258 e. The molecule has 0 bridgehead atoms. The number of hydrogen-bond acceptors (Lipinski definition) is 6. The first-order valence-electron chi connectivity index (χ1n) is 9.62. The van der Waals surface area contributed by atoms with E-state index in [1.807, 2.05) is 0 Å². The van der Waals surface area contributed by atoms with Gasteiger partial charge in [-0.1, -0.05) is 87.3 Å². The Labute approximate surface area is 166 Å². The summed E-state index contributed by atoms with van der Waals surface area (Å²) in [5.41, 5.74) is 0. The molecule has 0 aromatic carbocycles. The maximum absolute atomic E-state index is 12.0. The predicted octanol–water partition coefficient (Wildman–Crippen LogP) is 7.20. The van der Waals surface area contributed by atoms with E-state index in [2.05, 4.69) is 13.0 Å². The summed E-state index contributed by atoms with van der Waals surface area (Å²) >= 11 is 1.10. The molecule has 1 N–H and O–H groups in total. The van der Waals surface area contributed by atoms with Gasteiger partial charge in [0.15, 0.2) is 0 Å². The SMILES string of the molecule is CCCCCCCCCCCCSSC(=O)SC(C)(C#N)CCCO. The van der Waals surface area contributed by atoms with Gasteiger partial charge in [-0.05, 0) is 37.0 Å². The Hall–Kier alpha value is 0.170. The number of nitriles is 1. The van der Waals surface area contributed by atoms with Crippen LogP contribution in [0.25, 0.3) is 0 Å². The molecule has 6 heteroatoms. The third-order valence-electron chi connectivity index (χ3n) is 4.07. The molecule has 0 saturated carbocycles. The van der Waals surface area contributed by atoms with Gasteiger partial charge in [-0.25, -0.2) is 0 Å². The van der Waals surface area contributed by atoms with Gasteiger partial charge < -0.3 is 5.11 Å². The molecule has 1 atom stereocenters. The first-order valence-corrected chi connectivity index (χ1v) is 12.8. The van der Waals surface area contributed by atoms with Crippen molar-refractivity contribution in [2.24, 2.45) is 0 Å². The van der Waals surface area contributed by atoms with E-state index in [-0.39, 0.29) is 11.1 Å². The molecular weight excluding hydrogens is 370 g/mol. The summed E-state index contributed by atoms with van der Waals surface area (Å²) in [5, 5.41) is 18.1. The van der Waals surface area contributed by atoms with E-state index in [9.17, 15) is 10.1 Å². The van der Waals surface area contributed by atoms with Crippen LogP contribution in [0.3, 0.4) is 0 Å². The summed E-state index contributed by atoms with van der Waals surface area (Å²) in [7, 11) is 2.86. The lowest BCUT2D eigenvalue weighted by Crippen LogP contribution is -2.19. The lowest BCUT2D eigenvalue weighted by molar-refractivity contribution is 0.275. The van der Waals surface area contributed by atoms with Crippen LogP contribution in [0.4, 0.5) is 4.79 Å². The van der Waals surface area contributed by atoms with Gasteiger partial charge in [0.05, 0.1) is 6.07 Å². The van der Waals surface area contributed by atoms with Crippen molar-refractivity contribution >= 4 is 37.8 Å². The number of unbranched alkanes of at least 4 members (excludes halogenated alkanes) is 9. The maximum atomic E-state index is 12.0. The lowest BCUT2D eigenvalue weighted by Gasteiger charge is -2.18. The maximum Gasteiger partial charge on any atom is 0.258 e. The highest BCUT2D eigenvalue weighted by Crippen LogP contribution is 2.38. The molecule has 1 unspecified atom stereocenters. The number of rotatable bonds is 16. The second kappa shape index (κ2) is 17.6. The molecule has 0 aliphatic heterocycles. The van der Waals surface area contributed by atoms with Crippen LogP contribution in [0, 0.1) is 11.3 Å². The quantitative estimate of drug-likeness (QED) is 0.216. The van der Waals surface area contributed by atoms with Crippen LogP contribution >= 0.6 is 33.3 Å². The van der Waals surface area contributed by atoms with Crippen LogP contribution in [0.5, 0.6) is 0 Å². The normalized spacial score (nSPS) is 13.4. The van der Waals surface area contributed by atoms with E-state index in [4.69, 9.17) is 5.11 Å². The van der Waals surface area contributed by atoms with Gasteiger partial charge in [0, 0.05) is 12.4 Å². The molecule has 0 aliphatic carbocycles. The fraction of sp³-hybridized carbons (Fsp3) is 0.895. The number of carbonyl (C=O) groups is 1. The third-order valence-corrected chi connectivity index (χ3v) is 7.81. The van der Waals surface area contributed by atoms with Crippen molar-refractivity contribution in [3.63, 3.8) is 0 Å². The van der Waals surface area contributed by atoms with E-state index in [0.717, 1.165) is 23.9 Å². The minimum atomic E-state index is -0.718. The molecule has 0 rings (SSSR count). The first-order chi connectivity index (χ1) is 12.1. The van der Waals surface area contributed by atoms with E-state index >= 15 is 0 Å². The Balaban J connectivity index is 3.50. The summed E-state index contributed by atoms with van der Waals surface area (Å²) in [6.07, 6.45) is 14.4.